The minimum Gasteiger partial charge on any atom is -0.346 e. The van der Waals surface area contributed by atoms with E-state index in [0.717, 1.165) is 23.6 Å². The van der Waals surface area contributed by atoms with Gasteiger partial charge in [-0.3, -0.25) is 4.79 Å². The third-order valence-electron chi connectivity index (χ3n) is 3.71. The van der Waals surface area contributed by atoms with Gasteiger partial charge in [-0.05, 0) is 36.6 Å². The lowest BCUT2D eigenvalue weighted by atomic mass is 10.0. The van der Waals surface area contributed by atoms with Gasteiger partial charge in [0.2, 0.25) is 0 Å². The van der Waals surface area contributed by atoms with E-state index in [9.17, 15) is 18.0 Å². The first-order chi connectivity index (χ1) is 10.8. The van der Waals surface area contributed by atoms with Gasteiger partial charge in [-0.25, -0.2) is 0 Å². The second-order valence-corrected chi connectivity index (χ2v) is 5.33. The highest BCUT2D eigenvalue weighted by Gasteiger charge is 2.35. The standard InChI is InChI=1S/C18H18F3NO/c1-3-13-8-10-14(11-9-13)12(2)22-17(23)15-6-4-5-7-16(15)18(19,20)21/h4-12H,3H2,1-2H3,(H,22,23). The van der Waals surface area contributed by atoms with Crippen molar-refractivity contribution in [3.05, 3.63) is 70.8 Å². The summed E-state index contributed by atoms with van der Waals surface area (Å²) in [5, 5.41) is 2.62. The van der Waals surface area contributed by atoms with Crippen LogP contribution in [0.2, 0.25) is 0 Å². The molecule has 0 fully saturated rings. The first kappa shape index (κ1) is 17.1. The number of hydrogen-bond donors (Lipinski definition) is 1. The zero-order valence-electron chi connectivity index (χ0n) is 12.9. The Hall–Kier alpha value is -2.30. The molecule has 122 valence electrons. The molecule has 2 rings (SSSR count). The van der Waals surface area contributed by atoms with Crippen LogP contribution in [0.25, 0.3) is 0 Å². The minimum absolute atomic E-state index is 0.364. The van der Waals surface area contributed by atoms with Gasteiger partial charge in [-0.1, -0.05) is 43.3 Å². The Kier molecular flexibility index (Phi) is 5.08. The van der Waals surface area contributed by atoms with E-state index in [1.165, 1.54) is 18.2 Å². The highest BCUT2D eigenvalue weighted by Crippen LogP contribution is 2.32. The van der Waals surface area contributed by atoms with Crippen LogP contribution in [0.15, 0.2) is 48.5 Å². The van der Waals surface area contributed by atoms with Crippen molar-refractivity contribution in [1.29, 1.82) is 0 Å². The SMILES string of the molecule is CCc1ccc(C(C)NC(=O)c2ccccc2C(F)(F)F)cc1. The Labute approximate surface area is 133 Å². The summed E-state index contributed by atoms with van der Waals surface area (Å²) in [4.78, 5) is 12.2. The fourth-order valence-electron chi connectivity index (χ4n) is 2.33. The molecule has 2 nitrogen and oxygen atoms in total. The summed E-state index contributed by atoms with van der Waals surface area (Å²) in [5.74, 6) is -0.731. The summed E-state index contributed by atoms with van der Waals surface area (Å²) in [6.45, 7) is 3.78. The van der Waals surface area contributed by atoms with Gasteiger partial charge in [-0.15, -0.1) is 0 Å². The molecule has 0 saturated carbocycles. The van der Waals surface area contributed by atoms with Crippen LogP contribution in [0.5, 0.6) is 0 Å². The molecule has 0 aliphatic heterocycles. The van der Waals surface area contributed by atoms with E-state index in [4.69, 9.17) is 0 Å². The number of rotatable bonds is 4. The van der Waals surface area contributed by atoms with E-state index in [0.29, 0.717) is 0 Å². The average Bonchev–Trinajstić information content (AvgIpc) is 2.54. The largest absolute Gasteiger partial charge is 0.417 e. The Bertz CT molecular complexity index is 677. The average molecular weight is 321 g/mol. The van der Waals surface area contributed by atoms with Crippen LogP contribution in [0.4, 0.5) is 13.2 Å². The van der Waals surface area contributed by atoms with E-state index in [-0.39, 0.29) is 11.6 Å². The van der Waals surface area contributed by atoms with E-state index in [1.54, 1.807) is 6.92 Å². The molecule has 2 aromatic rings. The van der Waals surface area contributed by atoms with Gasteiger partial charge in [0, 0.05) is 0 Å². The Morgan fingerprint density at radius 1 is 1.09 bits per heavy atom. The van der Waals surface area contributed by atoms with Crippen molar-refractivity contribution in [3.63, 3.8) is 0 Å². The van der Waals surface area contributed by atoms with E-state index in [1.807, 2.05) is 31.2 Å². The predicted molar refractivity (Wildman–Crippen MR) is 83.1 cm³/mol. The zero-order chi connectivity index (χ0) is 17.0. The maximum atomic E-state index is 13.0. The van der Waals surface area contributed by atoms with Gasteiger partial charge < -0.3 is 5.32 Å². The number of hydrogen-bond acceptors (Lipinski definition) is 1. The van der Waals surface area contributed by atoms with Crippen molar-refractivity contribution >= 4 is 5.91 Å². The maximum Gasteiger partial charge on any atom is 0.417 e. The third-order valence-corrected chi connectivity index (χ3v) is 3.71. The molecule has 1 amide bonds. The summed E-state index contributed by atoms with van der Waals surface area (Å²) in [6, 6.07) is 12.1. The molecule has 0 aromatic heterocycles. The summed E-state index contributed by atoms with van der Waals surface area (Å²) < 4.78 is 38.9. The summed E-state index contributed by atoms with van der Waals surface area (Å²) in [6.07, 6.45) is -3.65. The van der Waals surface area contributed by atoms with Gasteiger partial charge in [0.1, 0.15) is 0 Å². The molecule has 0 bridgehead atoms. The van der Waals surface area contributed by atoms with Crippen LogP contribution in [0, 0.1) is 0 Å². The number of amides is 1. The van der Waals surface area contributed by atoms with Crippen LogP contribution < -0.4 is 5.32 Å². The number of carbonyl (C=O) groups is 1. The Morgan fingerprint density at radius 2 is 1.70 bits per heavy atom. The Balaban J connectivity index is 2.18. The maximum absolute atomic E-state index is 13.0. The zero-order valence-corrected chi connectivity index (χ0v) is 12.9. The quantitative estimate of drug-likeness (QED) is 0.864. The predicted octanol–water partition coefficient (Wildman–Crippen LogP) is 4.76. The fraction of sp³-hybridized carbons (Fsp3) is 0.278. The molecule has 0 heterocycles. The number of alkyl halides is 3. The molecule has 5 heteroatoms. The van der Waals surface area contributed by atoms with Crippen LogP contribution in [-0.4, -0.2) is 5.91 Å². The Morgan fingerprint density at radius 3 is 2.26 bits per heavy atom. The number of benzene rings is 2. The highest BCUT2D eigenvalue weighted by atomic mass is 19.4. The van der Waals surface area contributed by atoms with Crippen molar-refractivity contribution in [1.82, 2.24) is 5.32 Å². The van der Waals surface area contributed by atoms with E-state index >= 15 is 0 Å². The first-order valence-electron chi connectivity index (χ1n) is 7.39. The molecule has 1 unspecified atom stereocenters. The molecule has 0 aliphatic carbocycles. The molecule has 23 heavy (non-hydrogen) atoms. The van der Waals surface area contributed by atoms with Crippen molar-refractivity contribution in [2.24, 2.45) is 0 Å². The van der Waals surface area contributed by atoms with Crippen LogP contribution >= 0.6 is 0 Å². The lowest BCUT2D eigenvalue weighted by molar-refractivity contribution is -0.137. The fourth-order valence-corrected chi connectivity index (χ4v) is 2.33. The number of aryl methyl sites for hydroxylation is 1. The van der Waals surface area contributed by atoms with Crippen LogP contribution in [-0.2, 0) is 12.6 Å². The smallest absolute Gasteiger partial charge is 0.346 e. The lowest BCUT2D eigenvalue weighted by Crippen LogP contribution is -2.28. The van der Waals surface area contributed by atoms with Crippen molar-refractivity contribution in [2.45, 2.75) is 32.5 Å². The number of carbonyl (C=O) groups excluding carboxylic acids is 1. The molecular formula is C18H18F3NO. The van der Waals surface area contributed by atoms with E-state index < -0.39 is 17.6 Å². The van der Waals surface area contributed by atoms with Gasteiger partial charge in [0.15, 0.2) is 0 Å². The summed E-state index contributed by atoms with van der Waals surface area (Å²) in [5.41, 5.74) is 0.720. The summed E-state index contributed by atoms with van der Waals surface area (Å²) in [7, 11) is 0. The van der Waals surface area contributed by atoms with Crippen molar-refractivity contribution < 1.29 is 18.0 Å². The second-order valence-electron chi connectivity index (χ2n) is 5.33. The highest BCUT2D eigenvalue weighted by molar-refractivity contribution is 5.96. The lowest BCUT2D eigenvalue weighted by Gasteiger charge is -2.17. The molecule has 0 radical (unpaired) electrons. The first-order valence-corrected chi connectivity index (χ1v) is 7.39. The van der Waals surface area contributed by atoms with Gasteiger partial charge in [0.25, 0.3) is 5.91 Å². The molecule has 1 N–H and O–H groups in total. The molecule has 0 aliphatic rings. The second kappa shape index (κ2) is 6.86. The van der Waals surface area contributed by atoms with Crippen LogP contribution in [0.1, 0.15) is 46.9 Å². The van der Waals surface area contributed by atoms with Crippen molar-refractivity contribution in [2.75, 3.05) is 0 Å². The molecule has 2 aromatic carbocycles. The number of halogens is 3. The molecule has 0 saturated heterocycles. The number of nitrogens with one attached hydrogen (secondary N) is 1. The van der Waals surface area contributed by atoms with Gasteiger partial charge >= 0.3 is 6.18 Å². The third kappa shape index (κ3) is 4.12. The topological polar surface area (TPSA) is 29.1 Å². The summed E-state index contributed by atoms with van der Waals surface area (Å²) >= 11 is 0. The minimum atomic E-state index is -4.56. The van der Waals surface area contributed by atoms with E-state index in [2.05, 4.69) is 5.32 Å². The van der Waals surface area contributed by atoms with Gasteiger partial charge in [-0.2, -0.15) is 13.2 Å². The normalized spacial score (nSPS) is 12.7. The van der Waals surface area contributed by atoms with Gasteiger partial charge in [0.05, 0.1) is 17.2 Å². The molecule has 1 atom stereocenters. The molecule has 0 spiro atoms. The van der Waals surface area contributed by atoms with Crippen LogP contribution in [0.3, 0.4) is 0 Å². The monoisotopic (exact) mass is 321 g/mol. The van der Waals surface area contributed by atoms with Crippen molar-refractivity contribution in [3.8, 4) is 0 Å². The molecular weight excluding hydrogens is 303 g/mol.